The highest BCUT2D eigenvalue weighted by Crippen LogP contribution is 2.27. The fraction of sp³-hybridized carbons (Fsp3) is 0.105. The number of nitrogens with one attached hydrogen (secondary N) is 1. The smallest absolute Gasteiger partial charge is 0.258 e. The molecule has 0 spiro atoms. The van der Waals surface area contributed by atoms with Gasteiger partial charge < -0.3 is 13.9 Å². The second kappa shape index (κ2) is 5.31. The first-order valence-corrected chi connectivity index (χ1v) is 8.11. The molecule has 5 rings (SSSR count). The quantitative estimate of drug-likeness (QED) is 0.523. The van der Waals surface area contributed by atoms with Crippen molar-refractivity contribution in [2.24, 2.45) is 0 Å². The molecule has 0 saturated carbocycles. The van der Waals surface area contributed by atoms with Crippen LogP contribution in [-0.4, -0.2) is 20.1 Å². The van der Waals surface area contributed by atoms with E-state index in [1.165, 1.54) is 0 Å². The van der Waals surface area contributed by atoms with Crippen LogP contribution in [0.15, 0.2) is 57.6 Å². The lowest BCUT2D eigenvalue weighted by Crippen LogP contribution is -1.82. The molecule has 0 saturated heterocycles. The van der Waals surface area contributed by atoms with E-state index in [-0.39, 0.29) is 0 Å². The maximum Gasteiger partial charge on any atom is 0.258 e. The third kappa shape index (κ3) is 2.30. The van der Waals surface area contributed by atoms with Crippen LogP contribution in [0.2, 0.25) is 0 Å². The summed E-state index contributed by atoms with van der Waals surface area (Å²) in [6.07, 6.45) is 2.67. The largest absolute Gasteiger partial charge is 0.441 e. The molecule has 1 N–H and O–H groups in total. The Morgan fingerprint density at radius 2 is 1.92 bits per heavy atom. The predicted octanol–water partition coefficient (Wildman–Crippen LogP) is 4.59. The van der Waals surface area contributed by atoms with Crippen LogP contribution in [0.5, 0.6) is 0 Å². The minimum atomic E-state index is 0.487. The maximum atomic E-state index is 5.64. The van der Waals surface area contributed by atoms with Crippen LogP contribution in [0, 0.1) is 0 Å². The number of benzene rings is 2. The highest BCUT2D eigenvalue weighted by atomic mass is 16.5. The number of fused-ring (bicyclic) bond motifs is 2. The molecule has 5 aromatic rings. The van der Waals surface area contributed by atoms with Gasteiger partial charge in [-0.1, -0.05) is 18.1 Å². The Bertz CT molecular complexity index is 1200. The average Bonchev–Trinajstić information content (AvgIpc) is 3.37. The number of hydrogen-bond acceptors (Lipinski definition) is 5. The molecule has 122 valence electrons. The Hall–Kier alpha value is -3.41. The second-order valence-electron chi connectivity index (χ2n) is 5.85. The number of nitrogens with zero attached hydrogens (tertiary/aromatic N) is 3. The van der Waals surface area contributed by atoms with E-state index in [1.807, 2.05) is 55.6 Å². The minimum absolute atomic E-state index is 0.487. The third-order valence-electron chi connectivity index (χ3n) is 4.22. The van der Waals surface area contributed by atoms with E-state index < -0.39 is 0 Å². The highest BCUT2D eigenvalue weighted by molar-refractivity contribution is 5.84. The van der Waals surface area contributed by atoms with Gasteiger partial charge in [0.25, 0.3) is 5.89 Å². The summed E-state index contributed by atoms with van der Waals surface area (Å²) in [5, 5.41) is 5.25. The minimum Gasteiger partial charge on any atom is -0.441 e. The molecule has 0 aliphatic carbocycles. The number of aromatic amines is 1. The van der Waals surface area contributed by atoms with Crippen LogP contribution in [-0.2, 0) is 6.42 Å². The van der Waals surface area contributed by atoms with Gasteiger partial charge in [-0.15, -0.1) is 0 Å². The molecular formula is C19H14N4O2. The molecule has 6 nitrogen and oxygen atoms in total. The summed E-state index contributed by atoms with van der Waals surface area (Å²) in [6, 6.07) is 13.7. The van der Waals surface area contributed by atoms with Crippen molar-refractivity contribution < 1.29 is 8.94 Å². The van der Waals surface area contributed by atoms with Crippen LogP contribution >= 0.6 is 0 Å². The summed E-state index contributed by atoms with van der Waals surface area (Å²) in [5.41, 5.74) is 4.33. The summed E-state index contributed by atoms with van der Waals surface area (Å²) < 4.78 is 11.1. The summed E-state index contributed by atoms with van der Waals surface area (Å²) in [6.45, 7) is 2.01. The van der Waals surface area contributed by atoms with E-state index in [2.05, 4.69) is 20.1 Å². The van der Waals surface area contributed by atoms with E-state index in [4.69, 9.17) is 8.94 Å². The molecule has 3 heterocycles. The molecule has 2 aromatic carbocycles. The van der Waals surface area contributed by atoms with E-state index in [9.17, 15) is 0 Å². The van der Waals surface area contributed by atoms with Gasteiger partial charge >= 0.3 is 0 Å². The van der Waals surface area contributed by atoms with Crippen molar-refractivity contribution in [2.45, 2.75) is 13.3 Å². The van der Waals surface area contributed by atoms with Crippen LogP contribution in [0.25, 0.3) is 44.8 Å². The summed E-state index contributed by atoms with van der Waals surface area (Å²) in [5.74, 6) is 1.74. The van der Waals surface area contributed by atoms with E-state index in [0.29, 0.717) is 11.7 Å². The monoisotopic (exact) mass is 330 g/mol. The fourth-order valence-electron chi connectivity index (χ4n) is 2.90. The fourth-order valence-corrected chi connectivity index (χ4v) is 2.90. The number of oxazole rings is 1. The molecule has 6 heteroatoms. The molecule has 0 radical (unpaired) electrons. The summed E-state index contributed by atoms with van der Waals surface area (Å²) in [7, 11) is 0. The molecule has 3 aromatic heterocycles. The first-order chi connectivity index (χ1) is 12.3. The van der Waals surface area contributed by atoms with Crippen molar-refractivity contribution >= 4 is 22.0 Å². The SMILES string of the molecule is CCc1nc2cc(-c3noc(-c4ccc5cc[nH]c5c4)n3)ccc2o1. The number of H-pyrrole nitrogens is 1. The number of rotatable bonds is 3. The lowest BCUT2D eigenvalue weighted by Gasteiger charge is -1.95. The van der Waals surface area contributed by atoms with Crippen molar-refractivity contribution in [3.8, 4) is 22.8 Å². The first kappa shape index (κ1) is 14.0. The van der Waals surface area contributed by atoms with Gasteiger partial charge in [-0.2, -0.15) is 4.98 Å². The van der Waals surface area contributed by atoms with Gasteiger partial charge in [0.15, 0.2) is 11.5 Å². The normalized spacial score (nSPS) is 11.6. The standard InChI is InChI=1S/C19H14N4O2/c1-2-17-21-15-9-12(5-6-16(15)24-17)18-22-19(25-23-18)13-4-3-11-7-8-20-14(11)10-13/h3-10,20H,2H2,1H3. The van der Waals surface area contributed by atoms with E-state index in [1.54, 1.807) is 0 Å². The number of hydrogen-bond donors (Lipinski definition) is 1. The Morgan fingerprint density at radius 1 is 1.00 bits per heavy atom. The van der Waals surface area contributed by atoms with Crippen molar-refractivity contribution in [2.75, 3.05) is 0 Å². The molecule has 0 bridgehead atoms. The van der Waals surface area contributed by atoms with Crippen LogP contribution < -0.4 is 0 Å². The van der Waals surface area contributed by atoms with Gasteiger partial charge in [-0.3, -0.25) is 0 Å². The number of aryl methyl sites for hydroxylation is 1. The van der Waals surface area contributed by atoms with Crippen molar-refractivity contribution in [3.05, 3.63) is 54.6 Å². The summed E-state index contributed by atoms with van der Waals surface area (Å²) >= 11 is 0. The maximum absolute atomic E-state index is 5.64. The Kier molecular flexibility index (Phi) is 2.97. The molecule has 25 heavy (non-hydrogen) atoms. The highest BCUT2D eigenvalue weighted by Gasteiger charge is 2.13. The van der Waals surface area contributed by atoms with Gasteiger partial charge in [-0.05, 0) is 41.8 Å². The lowest BCUT2D eigenvalue weighted by atomic mass is 10.1. The van der Waals surface area contributed by atoms with Gasteiger partial charge in [-0.25, -0.2) is 4.98 Å². The average molecular weight is 330 g/mol. The van der Waals surface area contributed by atoms with Gasteiger partial charge in [0.2, 0.25) is 5.82 Å². The Morgan fingerprint density at radius 3 is 2.84 bits per heavy atom. The van der Waals surface area contributed by atoms with Crippen molar-refractivity contribution in [1.29, 1.82) is 0 Å². The van der Waals surface area contributed by atoms with E-state index in [0.717, 1.165) is 45.4 Å². The van der Waals surface area contributed by atoms with Gasteiger partial charge in [0.1, 0.15) is 5.52 Å². The predicted molar refractivity (Wildman–Crippen MR) is 94.0 cm³/mol. The van der Waals surface area contributed by atoms with Crippen molar-refractivity contribution in [3.63, 3.8) is 0 Å². The van der Waals surface area contributed by atoms with Crippen molar-refractivity contribution in [1.82, 2.24) is 20.1 Å². The van der Waals surface area contributed by atoms with Crippen LogP contribution in [0.4, 0.5) is 0 Å². The zero-order valence-electron chi connectivity index (χ0n) is 13.5. The summed E-state index contributed by atoms with van der Waals surface area (Å²) in [4.78, 5) is 12.2. The topological polar surface area (TPSA) is 80.7 Å². The van der Waals surface area contributed by atoms with Gasteiger partial charge in [0.05, 0.1) is 0 Å². The molecule has 0 aliphatic rings. The molecular weight excluding hydrogens is 316 g/mol. The Balaban J connectivity index is 1.55. The molecule has 0 atom stereocenters. The second-order valence-corrected chi connectivity index (χ2v) is 5.85. The third-order valence-corrected chi connectivity index (χ3v) is 4.22. The van der Waals surface area contributed by atoms with Crippen LogP contribution in [0.1, 0.15) is 12.8 Å². The first-order valence-electron chi connectivity index (χ1n) is 8.11. The van der Waals surface area contributed by atoms with Gasteiger partial charge in [0, 0.05) is 29.3 Å². The zero-order chi connectivity index (χ0) is 16.8. The number of aromatic nitrogens is 4. The lowest BCUT2D eigenvalue weighted by molar-refractivity contribution is 0.432. The van der Waals surface area contributed by atoms with Crippen LogP contribution in [0.3, 0.4) is 0 Å². The Labute approximate surface area is 142 Å². The molecule has 0 amide bonds. The van der Waals surface area contributed by atoms with E-state index >= 15 is 0 Å². The zero-order valence-corrected chi connectivity index (χ0v) is 13.5. The molecule has 0 unspecified atom stereocenters. The molecule has 0 fully saturated rings. The molecule has 0 aliphatic heterocycles.